The van der Waals surface area contributed by atoms with Gasteiger partial charge in [-0.1, -0.05) is 18.2 Å². The topological polar surface area (TPSA) is 100 Å². The van der Waals surface area contributed by atoms with Crippen molar-refractivity contribution in [2.75, 3.05) is 10.6 Å². The van der Waals surface area contributed by atoms with Crippen molar-refractivity contribution in [2.45, 2.75) is 13.8 Å². The van der Waals surface area contributed by atoms with Gasteiger partial charge in [0.05, 0.1) is 11.1 Å². The van der Waals surface area contributed by atoms with E-state index in [0.717, 1.165) is 22.2 Å². The predicted octanol–water partition coefficient (Wildman–Crippen LogP) is 3.53. The lowest BCUT2D eigenvalue weighted by molar-refractivity contribution is 0.102. The number of hydrogen-bond acceptors (Lipinski definition) is 2. The maximum absolute atomic E-state index is 12.6. The van der Waals surface area contributed by atoms with E-state index in [-0.39, 0.29) is 5.91 Å². The number of hydrogen-bond donors (Lipinski definition) is 4. The number of nitrogens with two attached hydrogens (primary N) is 1. The summed E-state index contributed by atoms with van der Waals surface area (Å²) >= 11 is 0. The van der Waals surface area contributed by atoms with Crippen molar-refractivity contribution in [3.8, 4) is 0 Å². The van der Waals surface area contributed by atoms with Gasteiger partial charge in [0.1, 0.15) is 0 Å². The van der Waals surface area contributed by atoms with Crippen LogP contribution in [0.4, 0.5) is 16.2 Å². The Morgan fingerprint density at radius 1 is 1.00 bits per heavy atom. The van der Waals surface area contributed by atoms with Gasteiger partial charge in [-0.25, -0.2) is 4.79 Å². The summed E-state index contributed by atoms with van der Waals surface area (Å²) < 4.78 is 0. The van der Waals surface area contributed by atoms with Crippen LogP contribution in [-0.4, -0.2) is 16.9 Å². The number of aromatic nitrogens is 1. The van der Waals surface area contributed by atoms with E-state index < -0.39 is 6.03 Å². The number of carbonyl (C=O) groups excluding carboxylic acids is 2. The first-order valence-electron chi connectivity index (χ1n) is 7.51. The number of aromatic amines is 1. The number of nitrogens with one attached hydrogen (secondary N) is 3. The quantitative estimate of drug-likeness (QED) is 0.593. The van der Waals surface area contributed by atoms with Crippen molar-refractivity contribution >= 4 is 34.2 Å². The number of carbonyl (C=O) groups is 2. The van der Waals surface area contributed by atoms with Crippen LogP contribution in [0.25, 0.3) is 10.9 Å². The first-order chi connectivity index (χ1) is 11.5. The molecule has 3 amide bonds. The number of benzene rings is 2. The van der Waals surface area contributed by atoms with Crippen LogP contribution in [0.2, 0.25) is 0 Å². The highest BCUT2D eigenvalue weighted by atomic mass is 16.2. The molecule has 0 unspecified atom stereocenters. The van der Waals surface area contributed by atoms with Gasteiger partial charge in [-0.05, 0) is 43.7 Å². The van der Waals surface area contributed by atoms with Crippen LogP contribution in [0.5, 0.6) is 0 Å². The van der Waals surface area contributed by atoms with Crippen molar-refractivity contribution in [1.29, 1.82) is 0 Å². The zero-order chi connectivity index (χ0) is 17.3. The maximum Gasteiger partial charge on any atom is 0.316 e. The number of amides is 3. The van der Waals surface area contributed by atoms with Crippen LogP contribution in [0.15, 0.2) is 42.5 Å². The van der Waals surface area contributed by atoms with Gasteiger partial charge in [0.15, 0.2) is 0 Å². The molecule has 5 N–H and O–H groups in total. The first kappa shape index (κ1) is 15.6. The molecule has 0 spiro atoms. The molecule has 0 bridgehead atoms. The molecule has 3 rings (SSSR count). The third-order valence-electron chi connectivity index (χ3n) is 3.98. The number of urea groups is 1. The lowest BCUT2D eigenvalue weighted by atomic mass is 10.1. The zero-order valence-corrected chi connectivity index (χ0v) is 13.4. The van der Waals surface area contributed by atoms with Gasteiger partial charge in [-0.3, -0.25) is 4.79 Å². The fourth-order valence-electron chi connectivity index (χ4n) is 2.69. The molecule has 6 heteroatoms. The van der Waals surface area contributed by atoms with Crippen LogP contribution in [0.3, 0.4) is 0 Å². The molecule has 6 nitrogen and oxygen atoms in total. The van der Waals surface area contributed by atoms with Crippen LogP contribution >= 0.6 is 0 Å². The van der Waals surface area contributed by atoms with Gasteiger partial charge < -0.3 is 21.4 Å². The molecule has 3 aromatic rings. The molecule has 24 heavy (non-hydrogen) atoms. The molecule has 0 aliphatic carbocycles. The average molecular weight is 322 g/mol. The van der Waals surface area contributed by atoms with Crippen LogP contribution in [0, 0.1) is 13.8 Å². The molecular formula is C18H18N4O2. The summed E-state index contributed by atoms with van der Waals surface area (Å²) in [5, 5.41) is 6.35. The Morgan fingerprint density at radius 2 is 1.67 bits per heavy atom. The average Bonchev–Trinajstić information content (AvgIpc) is 2.82. The molecule has 0 radical (unpaired) electrons. The summed E-state index contributed by atoms with van der Waals surface area (Å²) in [6.07, 6.45) is 0. The van der Waals surface area contributed by atoms with E-state index in [1.807, 2.05) is 26.0 Å². The van der Waals surface area contributed by atoms with E-state index in [2.05, 4.69) is 15.6 Å². The fraction of sp³-hybridized carbons (Fsp3) is 0.111. The van der Waals surface area contributed by atoms with Crippen LogP contribution in [-0.2, 0) is 0 Å². The van der Waals surface area contributed by atoms with Crippen molar-refractivity contribution in [1.82, 2.24) is 4.98 Å². The van der Waals surface area contributed by atoms with E-state index in [1.165, 1.54) is 0 Å². The van der Waals surface area contributed by atoms with Gasteiger partial charge in [-0.2, -0.15) is 0 Å². The second kappa shape index (κ2) is 6.08. The number of primary amides is 1. The third kappa shape index (κ3) is 2.94. The SMILES string of the molecule is Cc1[nH]c2c(C(=O)Nc3cccc(NC(N)=O)c3)cccc2c1C. The number of H-pyrrole nitrogens is 1. The Bertz CT molecular complexity index is 943. The van der Waals surface area contributed by atoms with E-state index in [9.17, 15) is 9.59 Å². The molecule has 0 saturated carbocycles. The van der Waals surface area contributed by atoms with Gasteiger partial charge >= 0.3 is 6.03 Å². The van der Waals surface area contributed by atoms with Crippen molar-refractivity contribution < 1.29 is 9.59 Å². The van der Waals surface area contributed by atoms with E-state index in [1.54, 1.807) is 30.3 Å². The van der Waals surface area contributed by atoms with Gasteiger partial charge in [0, 0.05) is 22.5 Å². The molecule has 0 atom stereocenters. The Labute approximate surface area is 139 Å². The molecule has 1 heterocycles. The summed E-state index contributed by atoms with van der Waals surface area (Å²) in [5.41, 5.74) is 9.75. The minimum atomic E-state index is -0.652. The molecule has 0 fully saturated rings. The highest BCUT2D eigenvalue weighted by molar-refractivity contribution is 6.12. The number of rotatable bonds is 3. The van der Waals surface area contributed by atoms with Crippen molar-refractivity contribution in [3.63, 3.8) is 0 Å². The Balaban J connectivity index is 1.91. The second-order valence-corrected chi connectivity index (χ2v) is 5.63. The zero-order valence-electron chi connectivity index (χ0n) is 13.4. The van der Waals surface area contributed by atoms with Crippen LogP contribution < -0.4 is 16.4 Å². The highest BCUT2D eigenvalue weighted by Gasteiger charge is 2.14. The van der Waals surface area contributed by atoms with E-state index in [4.69, 9.17) is 5.73 Å². The number of para-hydroxylation sites is 1. The van der Waals surface area contributed by atoms with Gasteiger partial charge in [0.2, 0.25) is 0 Å². The van der Waals surface area contributed by atoms with Crippen molar-refractivity contribution in [2.24, 2.45) is 5.73 Å². The van der Waals surface area contributed by atoms with E-state index >= 15 is 0 Å². The summed E-state index contributed by atoms with van der Waals surface area (Å²) in [5.74, 6) is -0.224. The molecule has 1 aromatic heterocycles. The fourth-order valence-corrected chi connectivity index (χ4v) is 2.69. The molecular weight excluding hydrogens is 304 g/mol. The summed E-state index contributed by atoms with van der Waals surface area (Å²) in [6, 6.07) is 11.8. The lowest BCUT2D eigenvalue weighted by Crippen LogP contribution is -2.19. The minimum Gasteiger partial charge on any atom is -0.358 e. The highest BCUT2D eigenvalue weighted by Crippen LogP contribution is 2.25. The molecule has 2 aromatic carbocycles. The predicted molar refractivity (Wildman–Crippen MR) is 95.4 cm³/mol. The summed E-state index contributed by atoms with van der Waals surface area (Å²) in [7, 11) is 0. The number of aryl methyl sites for hydroxylation is 2. The molecule has 122 valence electrons. The Morgan fingerprint density at radius 3 is 2.38 bits per heavy atom. The Hall–Kier alpha value is -3.28. The largest absolute Gasteiger partial charge is 0.358 e. The second-order valence-electron chi connectivity index (χ2n) is 5.63. The van der Waals surface area contributed by atoms with E-state index in [0.29, 0.717) is 16.9 Å². The monoisotopic (exact) mass is 322 g/mol. The third-order valence-corrected chi connectivity index (χ3v) is 3.98. The molecule has 0 aliphatic rings. The van der Waals surface area contributed by atoms with Gasteiger partial charge in [-0.15, -0.1) is 0 Å². The van der Waals surface area contributed by atoms with Gasteiger partial charge in [0.25, 0.3) is 5.91 Å². The maximum atomic E-state index is 12.6. The molecule has 0 aliphatic heterocycles. The smallest absolute Gasteiger partial charge is 0.316 e. The summed E-state index contributed by atoms with van der Waals surface area (Å²) in [4.78, 5) is 26.8. The number of fused-ring (bicyclic) bond motifs is 1. The normalized spacial score (nSPS) is 10.6. The Kier molecular flexibility index (Phi) is 3.95. The minimum absolute atomic E-state index is 0.224. The first-order valence-corrected chi connectivity index (χ1v) is 7.51. The van der Waals surface area contributed by atoms with Crippen LogP contribution in [0.1, 0.15) is 21.6 Å². The standard InChI is InChI=1S/C18H18N4O2/c1-10-11(2)20-16-14(10)7-4-8-15(16)17(23)21-12-5-3-6-13(9-12)22-18(19)24/h3-9,20H,1-2H3,(H,21,23)(H3,19,22,24). The van der Waals surface area contributed by atoms with Crippen molar-refractivity contribution in [3.05, 3.63) is 59.3 Å². The molecule has 0 saturated heterocycles. The lowest BCUT2D eigenvalue weighted by Gasteiger charge is -2.08. The summed E-state index contributed by atoms with van der Waals surface area (Å²) in [6.45, 7) is 4.00. The number of anilines is 2.